The van der Waals surface area contributed by atoms with Crippen molar-refractivity contribution in [2.45, 2.75) is 19.6 Å². The van der Waals surface area contributed by atoms with Crippen LogP contribution in [0.5, 0.6) is 5.75 Å². The van der Waals surface area contributed by atoms with E-state index >= 15 is 0 Å². The van der Waals surface area contributed by atoms with Crippen molar-refractivity contribution in [2.75, 3.05) is 12.9 Å². The van der Waals surface area contributed by atoms with Gasteiger partial charge >= 0.3 is 0 Å². The predicted molar refractivity (Wildman–Crippen MR) is 79.5 cm³/mol. The number of hydrogen-bond acceptors (Lipinski definition) is 4. The van der Waals surface area contributed by atoms with Crippen LogP contribution >= 0.6 is 11.8 Å². The molecule has 1 aromatic carbocycles. The Morgan fingerprint density at radius 2 is 2.00 bits per heavy atom. The van der Waals surface area contributed by atoms with E-state index < -0.39 is 0 Å². The van der Waals surface area contributed by atoms with Crippen LogP contribution in [0.4, 0.5) is 0 Å². The fourth-order valence-electron chi connectivity index (χ4n) is 1.64. The molecule has 0 unspecified atom stereocenters. The third-order valence-electron chi connectivity index (χ3n) is 2.59. The van der Waals surface area contributed by atoms with Crippen molar-refractivity contribution in [2.24, 2.45) is 5.92 Å². The zero-order valence-corrected chi connectivity index (χ0v) is 12.4. The molecule has 3 nitrogen and oxygen atoms in total. The summed E-state index contributed by atoms with van der Waals surface area (Å²) in [7, 11) is 1.66. The summed E-state index contributed by atoms with van der Waals surface area (Å²) in [6.45, 7) is 4.44. The van der Waals surface area contributed by atoms with Crippen LogP contribution in [0.15, 0.2) is 34.9 Å². The van der Waals surface area contributed by atoms with E-state index in [1.807, 2.05) is 36.0 Å². The van der Waals surface area contributed by atoms with Gasteiger partial charge in [-0.05, 0) is 35.9 Å². The Balaban J connectivity index is 1.99. The third-order valence-corrected chi connectivity index (χ3v) is 3.99. The fraction of sp³-hybridized carbons (Fsp3) is 0.400. The fourth-order valence-corrected chi connectivity index (χ4v) is 2.57. The molecule has 0 atom stereocenters. The van der Waals surface area contributed by atoms with Gasteiger partial charge in [-0.25, -0.2) is 4.98 Å². The number of hydrogen-bond donors (Lipinski definition) is 0. The summed E-state index contributed by atoms with van der Waals surface area (Å²) >= 11 is 1.89. The van der Waals surface area contributed by atoms with Gasteiger partial charge in [0.1, 0.15) is 12.0 Å². The molecule has 0 amide bonds. The number of thioether (sulfide) groups is 1. The first-order valence-corrected chi connectivity index (χ1v) is 7.51. The first-order valence-electron chi connectivity index (χ1n) is 6.35. The Morgan fingerprint density at radius 3 is 2.63 bits per heavy atom. The van der Waals surface area contributed by atoms with Crippen LogP contribution in [-0.2, 0) is 5.75 Å². The second kappa shape index (κ2) is 6.66. The maximum absolute atomic E-state index is 5.52. The van der Waals surface area contributed by atoms with E-state index in [9.17, 15) is 0 Å². The molecular weight excluding hydrogens is 258 g/mol. The lowest BCUT2D eigenvalue weighted by Gasteiger charge is -2.01. The molecule has 0 saturated heterocycles. The highest BCUT2D eigenvalue weighted by Crippen LogP contribution is 2.23. The molecule has 1 aromatic heterocycles. The van der Waals surface area contributed by atoms with Gasteiger partial charge < -0.3 is 9.15 Å². The molecule has 1 heterocycles. The standard InChI is InChI=1S/C15H19NO2S/c1-11(2)9-19-10-13-8-18-15(16-13)12-4-6-14(17-3)7-5-12/h4-8,11H,9-10H2,1-3H3. The van der Waals surface area contributed by atoms with Crippen LogP contribution in [0, 0.1) is 5.92 Å². The predicted octanol–water partition coefficient (Wildman–Crippen LogP) is 4.24. The molecule has 102 valence electrons. The molecule has 2 aromatic rings. The van der Waals surface area contributed by atoms with Crippen LogP contribution in [-0.4, -0.2) is 17.8 Å². The van der Waals surface area contributed by atoms with E-state index in [1.54, 1.807) is 13.4 Å². The van der Waals surface area contributed by atoms with Crippen molar-refractivity contribution in [1.82, 2.24) is 4.98 Å². The Hall–Kier alpha value is -1.42. The lowest BCUT2D eigenvalue weighted by atomic mass is 10.2. The molecule has 0 fully saturated rings. The Labute approximate surface area is 118 Å². The molecule has 0 aliphatic carbocycles. The largest absolute Gasteiger partial charge is 0.497 e. The van der Waals surface area contributed by atoms with Gasteiger partial charge in [-0.1, -0.05) is 13.8 Å². The summed E-state index contributed by atoms with van der Waals surface area (Å²) in [5, 5.41) is 0. The van der Waals surface area contributed by atoms with E-state index in [0.29, 0.717) is 11.8 Å². The van der Waals surface area contributed by atoms with E-state index in [4.69, 9.17) is 9.15 Å². The molecular formula is C15H19NO2S. The van der Waals surface area contributed by atoms with E-state index in [2.05, 4.69) is 18.8 Å². The first-order chi connectivity index (χ1) is 9.19. The van der Waals surface area contributed by atoms with Gasteiger partial charge in [0, 0.05) is 11.3 Å². The summed E-state index contributed by atoms with van der Waals surface area (Å²) in [5.41, 5.74) is 1.97. The molecule has 0 N–H and O–H groups in total. The first kappa shape index (κ1) is 14.0. The molecule has 19 heavy (non-hydrogen) atoms. The highest BCUT2D eigenvalue weighted by molar-refractivity contribution is 7.98. The summed E-state index contributed by atoms with van der Waals surface area (Å²) in [5.74, 6) is 4.26. The Bertz CT molecular complexity index is 505. The highest BCUT2D eigenvalue weighted by atomic mass is 32.2. The van der Waals surface area contributed by atoms with Crippen LogP contribution in [0.3, 0.4) is 0 Å². The highest BCUT2D eigenvalue weighted by Gasteiger charge is 2.07. The Kier molecular flexibility index (Phi) is 4.91. The minimum Gasteiger partial charge on any atom is -0.497 e. The van der Waals surface area contributed by atoms with Gasteiger partial charge in [-0.3, -0.25) is 0 Å². The molecule has 0 radical (unpaired) electrons. The monoisotopic (exact) mass is 277 g/mol. The van der Waals surface area contributed by atoms with E-state index in [-0.39, 0.29) is 0 Å². The molecule has 4 heteroatoms. The van der Waals surface area contributed by atoms with Crippen molar-refractivity contribution in [1.29, 1.82) is 0 Å². The van der Waals surface area contributed by atoms with Crippen LogP contribution in [0.1, 0.15) is 19.5 Å². The van der Waals surface area contributed by atoms with Crippen LogP contribution < -0.4 is 4.74 Å². The summed E-state index contributed by atoms with van der Waals surface area (Å²) in [6, 6.07) is 7.73. The summed E-state index contributed by atoms with van der Waals surface area (Å²) in [6.07, 6.45) is 1.74. The van der Waals surface area contributed by atoms with Gasteiger partial charge in [0.25, 0.3) is 0 Å². The second-order valence-electron chi connectivity index (χ2n) is 4.78. The normalized spacial score (nSPS) is 10.9. The minimum atomic E-state index is 0.669. The smallest absolute Gasteiger partial charge is 0.226 e. The molecule has 0 aliphatic heterocycles. The van der Waals surface area contributed by atoms with Gasteiger partial charge in [-0.15, -0.1) is 0 Å². The number of ether oxygens (including phenoxy) is 1. The number of oxazole rings is 1. The average Bonchev–Trinajstić information content (AvgIpc) is 2.87. The van der Waals surface area contributed by atoms with Gasteiger partial charge in [0.2, 0.25) is 5.89 Å². The molecule has 2 rings (SSSR count). The van der Waals surface area contributed by atoms with E-state index in [0.717, 1.165) is 28.5 Å². The number of aromatic nitrogens is 1. The van der Waals surface area contributed by atoms with Crippen molar-refractivity contribution in [3.63, 3.8) is 0 Å². The minimum absolute atomic E-state index is 0.669. The maximum Gasteiger partial charge on any atom is 0.226 e. The topological polar surface area (TPSA) is 35.3 Å². The maximum atomic E-state index is 5.52. The van der Waals surface area contributed by atoms with Crippen molar-refractivity contribution >= 4 is 11.8 Å². The zero-order valence-electron chi connectivity index (χ0n) is 11.6. The van der Waals surface area contributed by atoms with Gasteiger partial charge in [0.05, 0.1) is 12.8 Å². The molecule has 0 spiro atoms. The second-order valence-corrected chi connectivity index (χ2v) is 5.81. The average molecular weight is 277 g/mol. The zero-order chi connectivity index (χ0) is 13.7. The SMILES string of the molecule is COc1ccc(-c2nc(CSCC(C)C)co2)cc1. The number of nitrogens with zero attached hydrogens (tertiary/aromatic N) is 1. The van der Waals surface area contributed by atoms with Crippen LogP contribution in [0.2, 0.25) is 0 Å². The molecule has 0 bridgehead atoms. The van der Waals surface area contributed by atoms with Gasteiger partial charge in [0.15, 0.2) is 0 Å². The lowest BCUT2D eigenvalue weighted by molar-refractivity contribution is 0.415. The number of methoxy groups -OCH3 is 1. The third kappa shape index (κ3) is 4.03. The van der Waals surface area contributed by atoms with Gasteiger partial charge in [-0.2, -0.15) is 11.8 Å². The number of rotatable bonds is 6. The lowest BCUT2D eigenvalue weighted by Crippen LogP contribution is -1.91. The van der Waals surface area contributed by atoms with Crippen molar-refractivity contribution in [3.8, 4) is 17.2 Å². The van der Waals surface area contributed by atoms with Crippen molar-refractivity contribution in [3.05, 3.63) is 36.2 Å². The summed E-state index contributed by atoms with van der Waals surface area (Å²) < 4.78 is 10.6. The number of benzene rings is 1. The Morgan fingerprint density at radius 1 is 1.26 bits per heavy atom. The van der Waals surface area contributed by atoms with E-state index in [1.165, 1.54) is 0 Å². The quantitative estimate of drug-likeness (QED) is 0.791. The summed E-state index contributed by atoms with van der Waals surface area (Å²) in [4.78, 5) is 4.50. The van der Waals surface area contributed by atoms with Crippen LogP contribution in [0.25, 0.3) is 11.5 Å². The van der Waals surface area contributed by atoms with Crippen molar-refractivity contribution < 1.29 is 9.15 Å². The molecule has 0 aliphatic rings. The molecule has 0 saturated carbocycles.